The average Bonchev–Trinajstić information content (AvgIpc) is 3.39. The van der Waals surface area contributed by atoms with Crippen molar-refractivity contribution in [1.82, 2.24) is 9.97 Å². The highest BCUT2D eigenvalue weighted by Gasteiger charge is 2.40. The van der Waals surface area contributed by atoms with Gasteiger partial charge in [0, 0.05) is 30.4 Å². The van der Waals surface area contributed by atoms with Crippen molar-refractivity contribution < 1.29 is 9.47 Å². The van der Waals surface area contributed by atoms with Crippen LogP contribution in [0.4, 0.5) is 11.5 Å². The van der Waals surface area contributed by atoms with E-state index in [1.165, 1.54) is 6.33 Å². The predicted molar refractivity (Wildman–Crippen MR) is 105 cm³/mol. The van der Waals surface area contributed by atoms with E-state index in [1.54, 1.807) is 6.07 Å². The summed E-state index contributed by atoms with van der Waals surface area (Å²) in [6, 6.07) is 7.32. The van der Waals surface area contributed by atoms with Gasteiger partial charge < -0.3 is 20.1 Å². The van der Waals surface area contributed by atoms with Gasteiger partial charge in [-0.25, -0.2) is 9.97 Å². The van der Waals surface area contributed by atoms with E-state index in [1.807, 2.05) is 25.1 Å². The summed E-state index contributed by atoms with van der Waals surface area (Å²) < 4.78 is 11.6. The zero-order chi connectivity index (χ0) is 19.0. The summed E-state index contributed by atoms with van der Waals surface area (Å²) in [4.78, 5) is 10.8. The molecule has 1 aliphatic carbocycles. The van der Waals surface area contributed by atoms with Crippen molar-refractivity contribution in [3.63, 3.8) is 0 Å². The first-order valence-electron chi connectivity index (χ1n) is 9.30. The fourth-order valence-electron chi connectivity index (χ4n) is 3.20. The Kier molecular flexibility index (Phi) is 4.47. The van der Waals surface area contributed by atoms with Gasteiger partial charge in [-0.2, -0.15) is 0 Å². The zero-order valence-electron chi connectivity index (χ0n) is 15.7. The molecule has 1 aliphatic heterocycles. The van der Waals surface area contributed by atoms with Gasteiger partial charge in [-0.1, -0.05) is 0 Å². The van der Waals surface area contributed by atoms with Crippen molar-refractivity contribution in [1.29, 1.82) is 5.41 Å². The van der Waals surface area contributed by atoms with Crippen LogP contribution in [0.5, 0.6) is 5.75 Å². The second kappa shape index (κ2) is 6.81. The molecule has 1 aromatic heterocycles. The molecule has 2 heterocycles. The molecule has 4 rings (SSSR count). The van der Waals surface area contributed by atoms with E-state index in [2.05, 4.69) is 21.8 Å². The van der Waals surface area contributed by atoms with Crippen molar-refractivity contribution in [2.75, 3.05) is 30.3 Å². The SMILES string of the molecule is CC1CN(c2cc(C(=N)c3cc(OC4(C)CC4)ccc3N)ncn2)CCO1. The molecule has 1 aromatic carbocycles. The van der Waals surface area contributed by atoms with Gasteiger partial charge in [0.15, 0.2) is 0 Å². The van der Waals surface area contributed by atoms with Gasteiger partial charge >= 0.3 is 0 Å². The molecule has 1 atom stereocenters. The molecule has 7 nitrogen and oxygen atoms in total. The van der Waals surface area contributed by atoms with Crippen LogP contribution in [0.3, 0.4) is 0 Å². The van der Waals surface area contributed by atoms with Crippen molar-refractivity contribution in [2.45, 2.75) is 38.4 Å². The van der Waals surface area contributed by atoms with Gasteiger partial charge in [0.1, 0.15) is 23.5 Å². The highest BCUT2D eigenvalue weighted by molar-refractivity contribution is 6.13. The van der Waals surface area contributed by atoms with E-state index in [0.29, 0.717) is 23.6 Å². The Hall–Kier alpha value is -2.67. The van der Waals surface area contributed by atoms with E-state index in [-0.39, 0.29) is 17.4 Å². The number of benzene rings is 1. The number of hydrogen-bond donors (Lipinski definition) is 2. The molecule has 0 amide bonds. The first-order chi connectivity index (χ1) is 12.9. The lowest BCUT2D eigenvalue weighted by Crippen LogP contribution is -2.41. The summed E-state index contributed by atoms with van der Waals surface area (Å²) in [6.45, 7) is 6.35. The third-order valence-electron chi connectivity index (χ3n) is 5.09. The van der Waals surface area contributed by atoms with Gasteiger partial charge in [0.05, 0.1) is 24.1 Å². The number of aromatic nitrogens is 2. The Morgan fingerprint density at radius 3 is 2.89 bits per heavy atom. The van der Waals surface area contributed by atoms with Crippen LogP contribution in [0.25, 0.3) is 0 Å². The Morgan fingerprint density at radius 2 is 2.15 bits per heavy atom. The molecule has 142 valence electrons. The van der Waals surface area contributed by atoms with Crippen molar-refractivity contribution in [2.24, 2.45) is 0 Å². The van der Waals surface area contributed by atoms with Crippen LogP contribution in [0.15, 0.2) is 30.6 Å². The van der Waals surface area contributed by atoms with E-state index in [0.717, 1.165) is 37.5 Å². The third-order valence-corrected chi connectivity index (χ3v) is 5.09. The van der Waals surface area contributed by atoms with E-state index in [4.69, 9.17) is 20.6 Å². The molecular weight excluding hydrogens is 342 g/mol. The van der Waals surface area contributed by atoms with Gasteiger partial charge in [0.2, 0.25) is 0 Å². The van der Waals surface area contributed by atoms with E-state index in [9.17, 15) is 0 Å². The molecule has 1 saturated heterocycles. The van der Waals surface area contributed by atoms with Crippen LogP contribution in [0, 0.1) is 5.41 Å². The molecule has 0 radical (unpaired) electrons. The second-order valence-electron chi connectivity index (χ2n) is 7.56. The van der Waals surface area contributed by atoms with E-state index >= 15 is 0 Å². The summed E-state index contributed by atoms with van der Waals surface area (Å²) in [5.41, 5.74) is 8.03. The normalized spacial score (nSPS) is 21.0. The van der Waals surface area contributed by atoms with Crippen LogP contribution in [0.1, 0.15) is 37.9 Å². The molecule has 3 N–H and O–H groups in total. The van der Waals surface area contributed by atoms with Crippen LogP contribution >= 0.6 is 0 Å². The summed E-state index contributed by atoms with van der Waals surface area (Å²) in [7, 11) is 0. The minimum Gasteiger partial charge on any atom is -0.488 e. The summed E-state index contributed by atoms with van der Waals surface area (Å²) in [5.74, 6) is 1.54. The van der Waals surface area contributed by atoms with Crippen LogP contribution in [-0.4, -0.2) is 47.1 Å². The van der Waals surface area contributed by atoms with Crippen LogP contribution in [0.2, 0.25) is 0 Å². The Balaban J connectivity index is 1.59. The van der Waals surface area contributed by atoms with Crippen LogP contribution < -0.4 is 15.4 Å². The lowest BCUT2D eigenvalue weighted by molar-refractivity contribution is 0.0529. The minimum absolute atomic E-state index is 0.0787. The second-order valence-corrected chi connectivity index (χ2v) is 7.56. The molecule has 7 heteroatoms. The fraction of sp³-hybridized carbons (Fsp3) is 0.450. The van der Waals surface area contributed by atoms with E-state index < -0.39 is 0 Å². The number of ether oxygens (including phenoxy) is 2. The molecule has 2 fully saturated rings. The largest absolute Gasteiger partial charge is 0.488 e. The lowest BCUT2D eigenvalue weighted by atomic mass is 10.0. The number of morpholine rings is 1. The van der Waals surface area contributed by atoms with Crippen molar-refractivity contribution in [3.8, 4) is 5.75 Å². The number of nitrogens with zero attached hydrogens (tertiary/aromatic N) is 3. The first kappa shape index (κ1) is 17.7. The Morgan fingerprint density at radius 1 is 1.33 bits per heavy atom. The lowest BCUT2D eigenvalue weighted by Gasteiger charge is -2.32. The van der Waals surface area contributed by atoms with Gasteiger partial charge in [-0.05, 0) is 44.9 Å². The molecule has 0 spiro atoms. The van der Waals surface area contributed by atoms with Crippen molar-refractivity contribution >= 4 is 17.2 Å². The molecule has 1 unspecified atom stereocenters. The molecule has 27 heavy (non-hydrogen) atoms. The fourth-order valence-corrected chi connectivity index (χ4v) is 3.20. The molecular formula is C20H25N5O2. The Labute approximate surface area is 159 Å². The summed E-state index contributed by atoms with van der Waals surface area (Å²) in [5, 5.41) is 8.64. The zero-order valence-corrected chi connectivity index (χ0v) is 15.7. The highest BCUT2D eigenvalue weighted by Crippen LogP contribution is 2.40. The highest BCUT2D eigenvalue weighted by atomic mass is 16.5. The van der Waals surface area contributed by atoms with Gasteiger partial charge in [-0.15, -0.1) is 0 Å². The summed E-state index contributed by atoms with van der Waals surface area (Å²) >= 11 is 0. The number of anilines is 2. The maximum atomic E-state index is 8.64. The molecule has 2 aliphatic rings. The standard InChI is InChI=1S/C20H25N5O2/c1-13-11-25(7-8-26-13)18-10-17(23-12-24-18)19(22)15-9-14(3-4-16(15)21)27-20(2)5-6-20/h3-4,9-10,12-13,22H,5-8,11,21H2,1-2H3. The van der Waals surface area contributed by atoms with Gasteiger partial charge in [0.25, 0.3) is 0 Å². The molecule has 0 bridgehead atoms. The van der Waals surface area contributed by atoms with Crippen LogP contribution in [-0.2, 0) is 4.74 Å². The topological polar surface area (TPSA) is 97.4 Å². The number of hydrogen-bond acceptors (Lipinski definition) is 7. The predicted octanol–water partition coefficient (Wildman–Crippen LogP) is 2.63. The number of nitrogens with one attached hydrogen (secondary N) is 1. The maximum absolute atomic E-state index is 8.64. The monoisotopic (exact) mass is 367 g/mol. The Bertz CT molecular complexity index is 865. The molecule has 1 saturated carbocycles. The minimum atomic E-state index is -0.0787. The smallest absolute Gasteiger partial charge is 0.132 e. The maximum Gasteiger partial charge on any atom is 0.132 e. The number of nitrogens with two attached hydrogens (primary N) is 1. The third kappa shape index (κ3) is 3.88. The quantitative estimate of drug-likeness (QED) is 0.623. The van der Waals surface area contributed by atoms with Gasteiger partial charge in [-0.3, -0.25) is 5.41 Å². The average molecular weight is 367 g/mol. The first-order valence-corrected chi connectivity index (χ1v) is 9.30. The van der Waals surface area contributed by atoms with Crippen molar-refractivity contribution in [3.05, 3.63) is 41.9 Å². The number of rotatable bonds is 5. The molecule has 2 aromatic rings. The number of nitrogen functional groups attached to an aromatic ring is 1. The summed E-state index contributed by atoms with van der Waals surface area (Å²) in [6.07, 6.45) is 3.76.